The molecule has 7 heteroatoms. The second-order valence-electron chi connectivity index (χ2n) is 4.59. The normalized spacial score (nSPS) is 31.3. The van der Waals surface area contributed by atoms with Crippen molar-refractivity contribution in [2.24, 2.45) is 0 Å². The van der Waals surface area contributed by atoms with Crippen molar-refractivity contribution in [2.45, 2.75) is 12.0 Å². The molecule has 7 nitrogen and oxygen atoms in total. The Balaban J connectivity index is 2.10. The highest BCUT2D eigenvalue weighted by Crippen LogP contribution is 2.25. The predicted octanol–water partition coefficient (Wildman–Crippen LogP) is -1.83. The second-order valence-corrected chi connectivity index (χ2v) is 4.59. The molecule has 1 spiro atoms. The van der Waals surface area contributed by atoms with Crippen LogP contribution in [0.15, 0.2) is 0 Å². The van der Waals surface area contributed by atoms with Gasteiger partial charge >= 0.3 is 11.9 Å². The molecule has 0 aliphatic carbocycles. The zero-order valence-corrected chi connectivity index (χ0v) is 9.77. The van der Waals surface area contributed by atoms with Gasteiger partial charge < -0.3 is 14.6 Å². The van der Waals surface area contributed by atoms with Crippen molar-refractivity contribution < 1.29 is 28.8 Å². The molecule has 0 aromatic rings. The van der Waals surface area contributed by atoms with Crippen LogP contribution in [-0.4, -0.2) is 67.1 Å². The molecule has 1 unspecified atom stereocenters. The molecular formula is C10H17N2O5+. The lowest BCUT2D eigenvalue weighted by molar-refractivity contribution is -0.962. The minimum atomic E-state index is -1.66. The van der Waals surface area contributed by atoms with Gasteiger partial charge in [-0.2, -0.15) is 5.43 Å². The van der Waals surface area contributed by atoms with Crippen LogP contribution in [0.3, 0.4) is 0 Å². The van der Waals surface area contributed by atoms with E-state index in [4.69, 9.17) is 4.74 Å². The van der Waals surface area contributed by atoms with Crippen LogP contribution in [0.25, 0.3) is 0 Å². The number of morpholine rings is 1. The van der Waals surface area contributed by atoms with Crippen LogP contribution in [0.2, 0.25) is 0 Å². The Kier molecular flexibility index (Phi) is 3.07. The van der Waals surface area contributed by atoms with E-state index in [1.54, 1.807) is 0 Å². The number of methoxy groups -OCH3 is 1. The Hall–Kier alpha value is -1.18. The first-order valence-electron chi connectivity index (χ1n) is 5.55. The molecule has 2 N–H and O–H groups in total. The summed E-state index contributed by atoms with van der Waals surface area (Å²) in [4.78, 5) is 23.0. The quantitative estimate of drug-likeness (QED) is 0.442. The molecule has 96 valence electrons. The molecular weight excluding hydrogens is 228 g/mol. The molecule has 2 aliphatic heterocycles. The van der Waals surface area contributed by atoms with Gasteiger partial charge in [0.1, 0.15) is 19.6 Å². The number of ether oxygens (including phenoxy) is 2. The maximum Gasteiger partial charge on any atom is 0.309 e. The Labute approximate surface area is 98.8 Å². The fourth-order valence-electron chi connectivity index (χ4n) is 2.34. The summed E-state index contributed by atoms with van der Waals surface area (Å²) in [5.74, 6) is -1.10. The van der Waals surface area contributed by atoms with E-state index < -0.39 is 17.5 Å². The average molecular weight is 245 g/mol. The van der Waals surface area contributed by atoms with E-state index in [1.165, 1.54) is 7.11 Å². The number of carbonyl (C=O) groups excluding carboxylic acids is 2. The topological polar surface area (TPSA) is 84.9 Å². The van der Waals surface area contributed by atoms with Crippen molar-refractivity contribution in [3.05, 3.63) is 0 Å². The molecule has 0 aromatic carbocycles. The molecule has 2 heterocycles. The van der Waals surface area contributed by atoms with Crippen LogP contribution in [-0.2, 0) is 19.1 Å². The third-order valence-electron chi connectivity index (χ3n) is 3.32. The molecule has 0 aromatic heterocycles. The molecule has 1 amide bonds. The van der Waals surface area contributed by atoms with Crippen molar-refractivity contribution in [3.8, 4) is 0 Å². The van der Waals surface area contributed by atoms with Crippen LogP contribution in [0.1, 0.15) is 6.42 Å². The summed E-state index contributed by atoms with van der Waals surface area (Å²) in [5.41, 5.74) is 1.09. The first-order chi connectivity index (χ1) is 8.00. The minimum Gasteiger partial charge on any atom is -0.469 e. The SMILES string of the molecule is COC(=O)CC1(O)C[N+]2(CCOCC2)NC1=O. The highest BCUT2D eigenvalue weighted by atomic mass is 16.5. The predicted molar refractivity (Wildman–Crippen MR) is 55.4 cm³/mol. The van der Waals surface area contributed by atoms with Crippen LogP contribution in [0.5, 0.6) is 0 Å². The largest absolute Gasteiger partial charge is 0.469 e. The molecule has 2 rings (SSSR count). The monoisotopic (exact) mass is 245 g/mol. The molecule has 2 saturated heterocycles. The lowest BCUT2D eigenvalue weighted by Gasteiger charge is -2.35. The summed E-state index contributed by atoms with van der Waals surface area (Å²) in [6.45, 7) is 2.47. The smallest absolute Gasteiger partial charge is 0.309 e. The van der Waals surface area contributed by atoms with Gasteiger partial charge in [0, 0.05) is 0 Å². The number of nitrogens with one attached hydrogen (secondary N) is 1. The molecule has 17 heavy (non-hydrogen) atoms. The molecule has 0 radical (unpaired) electrons. The zero-order valence-electron chi connectivity index (χ0n) is 9.77. The van der Waals surface area contributed by atoms with Gasteiger partial charge in [-0.25, -0.2) is 4.59 Å². The number of rotatable bonds is 2. The number of nitrogens with zero attached hydrogens (tertiary/aromatic N) is 1. The fraction of sp³-hybridized carbons (Fsp3) is 0.800. The summed E-state index contributed by atoms with van der Waals surface area (Å²) in [5, 5.41) is 10.2. The third-order valence-corrected chi connectivity index (χ3v) is 3.32. The van der Waals surface area contributed by atoms with Crippen molar-refractivity contribution in [1.29, 1.82) is 0 Å². The second kappa shape index (κ2) is 4.25. The Bertz CT molecular complexity index is 340. The van der Waals surface area contributed by atoms with Crippen LogP contribution in [0, 0.1) is 0 Å². The van der Waals surface area contributed by atoms with E-state index in [0.717, 1.165) is 0 Å². The van der Waals surface area contributed by atoms with Gasteiger partial charge in [0.25, 0.3) is 0 Å². The van der Waals surface area contributed by atoms with E-state index >= 15 is 0 Å². The first kappa shape index (κ1) is 12.3. The lowest BCUT2D eigenvalue weighted by Crippen LogP contribution is -2.60. The zero-order chi connectivity index (χ0) is 12.5. The number of hydrogen-bond acceptors (Lipinski definition) is 5. The van der Waals surface area contributed by atoms with Gasteiger partial charge in [0.2, 0.25) is 5.60 Å². The number of carbonyl (C=O) groups is 2. The Morgan fingerprint density at radius 3 is 2.82 bits per heavy atom. The van der Waals surface area contributed by atoms with Gasteiger partial charge in [-0.3, -0.25) is 9.59 Å². The van der Waals surface area contributed by atoms with Crippen molar-refractivity contribution in [2.75, 3.05) is 40.0 Å². The van der Waals surface area contributed by atoms with Gasteiger partial charge in [-0.1, -0.05) is 0 Å². The van der Waals surface area contributed by atoms with Crippen LogP contribution < -0.4 is 5.43 Å². The summed E-state index contributed by atoms with van der Waals surface area (Å²) in [6, 6.07) is 0. The van der Waals surface area contributed by atoms with Crippen molar-refractivity contribution in [3.63, 3.8) is 0 Å². The Morgan fingerprint density at radius 1 is 1.59 bits per heavy atom. The number of esters is 1. The van der Waals surface area contributed by atoms with E-state index in [1.807, 2.05) is 0 Å². The van der Waals surface area contributed by atoms with Gasteiger partial charge in [0.15, 0.2) is 0 Å². The molecule has 0 saturated carbocycles. The molecule has 1 atom stereocenters. The molecule has 0 bridgehead atoms. The standard InChI is InChI=1S/C10H16N2O5/c1-16-8(13)6-10(15)7-12(11-9(10)14)2-4-17-5-3-12/h15H,2-7H2,1H3/p+1. The van der Waals surface area contributed by atoms with Crippen molar-refractivity contribution >= 4 is 11.9 Å². The average Bonchev–Trinajstić information content (AvgIpc) is 2.51. The van der Waals surface area contributed by atoms with Crippen LogP contribution >= 0.6 is 0 Å². The fourth-order valence-corrected chi connectivity index (χ4v) is 2.34. The number of amides is 1. The van der Waals surface area contributed by atoms with E-state index in [-0.39, 0.29) is 17.6 Å². The van der Waals surface area contributed by atoms with E-state index in [0.29, 0.717) is 26.3 Å². The Morgan fingerprint density at radius 2 is 2.24 bits per heavy atom. The summed E-state index contributed by atoms with van der Waals surface area (Å²) >= 11 is 0. The maximum absolute atomic E-state index is 11.8. The number of quaternary nitrogens is 1. The first-order valence-corrected chi connectivity index (χ1v) is 5.55. The van der Waals surface area contributed by atoms with E-state index in [2.05, 4.69) is 10.2 Å². The summed E-state index contributed by atoms with van der Waals surface area (Å²) in [6.07, 6.45) is -0.309. The summed E-state index contributed by atoms with van der Waals surface area (Å²) in [7, 11) is 1.23. The third kappa shape index (κ3) is 2.26. The minimum absolute atomic E-state index is 0.185. The highest BCUT2D eigenvalue weighted by Gasteiger charge is 2.56. The number of hydrogen-bond donors (Lipinski definition) is 2. The van der Waals surface area contributed by atoms with E-state index in [9.17, 15) is 14.7 Å². The summed E-state index contributed by atoms with van der Waals surface area (Å²) < 4.78 is 10.00. The highest BCUT2D eigenvalue weighted by molar-refractivity contribution is 5.90. The van der Waals surface area contributed by atoms with Gasteiger partial charge in [0.05, 0.1) is 26.7 Å². The maximum atomic E-state index is 11.8. The van der Waals surface area contributed by atoms with Gasteiger partial charge in [-0.15, -0.1) is 0 Å². The van der Waals surface area contributed by atoms with Gasteiger partial charge in [-0.05, 0) is 0 Å². The molecule has 2 aliphatic rings. The lowest BCUT2D eigenvalue weighted by atomic mass is 10.00. The number of aliphatic hydroxyl groups is 1. The molecule has 2 fully saturated rings. The van der Waals surface area contributed by atoms with Crippen molar-refractivity contribution in [1.82, 2.24) is 5.43 Å². The van der Waals surface area contributed by atoms with Crippen LogP contribution in [0.4, 0.5) is 0 Å².